The second kappa shape index (κ2) is 7.11. The van der Waals surface area contributed by atoms with Crippen LogP contribution in [0.2, 0.25) is 0 Å². The van der Waals surface area contributed by atoms with Gasteiger partial charge in [-0.15, -0.1) is 0 Å². The minimum Gasteiger partial charge on any atom is -0.481 e. The van der Waals surface area contributed by atoms with Crippen molar-refractivity contribution in [3.05, 3.63) is 29.6 Å². The molecule has 0 bridgehead atoms. The summed E-state index contributed by atoms with van der Waals surface area (Å²) in [6.45, 7) is 7.82. The summed E-state index contributed by atoms with van der Waals surface area (Å²) >= 11 is 0. The van der Waals surface area contributed by atoms with Gasteiger partial charge in [-0.05, 0) is 45.4 Å². The van der Waals surface area contributed by atoms with Crippen LogP contribution in [0.4, 0.5) is 0 Å². The Morgan fingerprint density at radius 1 is 1.44 bits per heavy atom. The quantitative estimate of drug-likeness (QED) is 0.807. The van der Waals surface area contributed by atoms with Gasteiger partial charge >= 0.3 is 5.97 Å². The summed E-state index contributed by atoms with van der Waals surface area (Å²) in [5.74, 6) is -0.729. The van der Waals surface area contributed by atoms with Crippen molar-refractivity contribution >= 4 is 5.97 Å². The van der Waals surface area contributed by atoms with Crippen LogP contribution in [0.15, 0.2) is 18.3 Å². The van der Waals surface area contributed by atoms with E-state index in [4.69, 9.17) is 5.11 Å². The number of carboxylic acid groups (broad SMARTS) is 1. The van der Waals surface area contributed by atoms with E-state index in [2.05, 4.69) is 29.8 Å². The molecule has 4 nitrogen and oxygen atoms in total. The Bertz CT molecular complexity index is 374. The van der Waals surface area contributed by atoms with Crippen molar-refractivity contribution < 1.29 is 9.90 Å². The Morgan fingerprint density at radius 3 is 2.67 bits per heavy atom. The van der Waals surface area contributed by atoms with E-state index in [0.29, 0.717) is 12.5 Å². The van der Waals surface area contributed by atoms with Crippen molar-refractivity contribution in [2.75, 3.05) is 6.54 Å². The van der Waals surface area contributed by atoms with Gasteiger partial charge in [0.05, 0.1) is 5.69 Å². The Morgan fingerprint density at radius 2 is 2.17 bits per heavy atom. The van der Waals surface area contributed by atoms with Gasteiger partial charge in [-0.2, -0.15) is 0 Å². The summed E-state index contributed by atoms with van der Waals surface area (Å²) in [4.78, 5) is 17.2. The smallest absolute Gasteiger partial charge is 0.303 e. The van der Waals surface area contributed by atoms with Gasteiger partial charge in [0.15, 0.2) is 0 Å². The second-order valence-corrected chi connectivity index (χ2v) is 4.89. The largest absolute Gasteiger partial charge is 0.481 e. The van der Waals surface area contributed by atoms with Crippen LogP contribution in [0, 0.1) is 6.92 Å². The van der Waals surface area contributed by atoms with Crippen LogP contribution in [0.1, 0.15) is 37.9 Å². The Labute approximate surface area is 109 Å². The Balaban J connectivity index is 2.52. The number of aromatic nitrogens is 1. The highest BCUT2D eigenvalue weighted by molar-refractivity contribution is 5.66. The number of aliphatic carboxylic acids is 1. The first-order valence-corrected chi connectivity index (χ1v) is 6.36. The molecule has 100 valence electrons. The molecule has 0 saturated carbocycles. The number of carboxylic acids is 1. The van der Waals surface area contributed by atoms with Gasteiger partial charge in [0.25, 0.3) is 0 Å². The summed E-state index contributed by atoms with van der Waals surface area (Å²) in [7, 11) is 0. The summed E-state index contributed by atoms with van der Waals surface area (Å²) in [6.07, 6.45) is 2.77. The fourth-order valence-electron chi connectivity index (χ4n) is 1.75. The molecule has 0 atom stereocenters. The summed E-state index contributed by atoms with van der Waals surface area (Å²) in [5.41, 5.74) is 2.19. The number of nitrogens with zero attached hydrogens (tertiary/aromatic N) is 2. The molecule has 0 aromatic carbocycles. The molecule has 0 aliphatic carbocycles. The van der Waals surface area contributed by atoms with Crippen molar-refractivity contribution in [1.29, 1.82) is 0 Å². The minimum absolute atomic E-state index is 0.227. The van der Waals surface area contributed by atoms with Crippen LogP contribution in [0.25, 0.3) is 0 Å². The number of hydrogen-bond acceptors (Lipinski definition) is 3. The third-order valence-electron chi connectivity index (χ3n) is 2.90. The van der Waals surface area contributed by atoms with E-state index in [0.717, 1.165) is 24.3 Å². The van der Waals surface area contributed by atoms with E-state index in [-0.39, 0.29) is 6.42 Å². The van der Waals surface area contributed by atoms with E-state index in [9.17, 15) is 4.79 Å². The minimum atomic E-state index is -0.729. The number of rotatable bonds is 7. The molecule has 18 heavy (non-hydrogen) atoms. The molecule has 1 heterocycles. The van der Waals surface area contributed by atoms with Crippen LogP contribution in [-0.2, 0) is 11.3 Å². The van der Waals surface area contributed by atoms with E-state index >= 15 is 0 Å². The lowest BCUT2D eigenvalue weighted by molar-refractivity contribution is -0.137. The number of aryl methyl sites for hydroxylation is 1. The first-order valence-electron chi connectivity index (χ1n) is 6.36. The second-order valence-electron chi connectivity index (χ2n) is 4.89. The van der Waals surface area contributed by atoms with E-state index < -0.39 is 5.97 Å². The number of pyridine rings is 1. The van der Waals surface area contributed by atoms with Gasteiger partial charge in [0, 0.05) is 25.2 Å². The molecule has 0 spiro atoms. The van der Waals surface area contributed by atoms with Crippen LogP contribution < -0.4 is 0 Å². The monoisotopic (exact) mass is 250 g/mol. The average Bonchev–Trinajstić information content (AvgIpc) is 2.30. The van der Waals surface area contributed by atoms with Gasteiger partial charge in [-0.3, -0.25) is 14.7 Å². The zero-order valence-electron chi connectivity index (χ0n) is 11.4. The van der Waals surface area contributed by atoms with Crippen molar-refractivity contribution in [2.45, 2.75) is 46.2 Å². The van der Waals surface area contributed by atoms with E-state index in [1.165, 1.54) is 0 Å². The summed E-state index contributed by atoms with van der Waals surface area (Å²) in [6, 6.07) is 4.47. The maximum atomic E-state index is 10.5. The zero-order chi connectivity index (χ0) is 13.5. The molecule has 0 fully saturated rings. The van der Waals surface area contributed by atoms with Gasteiger partial charge in [0.1, 0.15) is 0 Å². The maximum Gasteiger partial charge on any atom is 0.303 e. The molecule has 0 saturated heterocycles. The highest BCUT2D eigenvalue weighted by atomic mass is 16.4. The lowest BCUT2D eigenvalue weighted by Crippen LogP contribution is -2.31. The van der Waals surface area contributed by atoms with Crippen LogP contribution in [-0.4, -0.2) is 33.5 Å². The number of carbonyl (C=O) groups is 1. The lowest BCUT2D eigenvalue weighted by atomic mass is 10.2. The number of hydrogen-bond donors (Lipinski definition) is 1. The lowest BCUT2D eigenvalue weighted by Gasteiger charge is -2.25. The topological polar surface area (TPSA) is 53.4 Å². The fraction of sp³-hybridized carbons (Fsp3) is 0.571. The molecule has 0 amide bonds. The predicted molar refractivity (Wildman–Crippen MR) is 71.4 cm³/mol. The molecule has 0 aliphatic heterocycles. The summed E-state index contributed by atoms with van der Waals surface area (Å²) in [5, 5.41) is 8.65. The van der Waals surface area contributed by atoms with Crippen LogP contribution >= 0.6 is 0 Å². The molecule has 0 aliphatic rings. The Hall–Kier alpha value is -1.42. The van der Waals surface area contributed by atoms with E-state index in [1.54, 1.807) is 0 Å². The highest BCUT2D eigenvalue weighted by Gasteiger charge is 2.11. The summed E-state index contributed by atoms with van der Waals surface area (Å²) < 4.78 is 0. The van der Waals surface area contributed by atoms with Crippen molar-refractivity contribution in [2.24, 2.45) is 0 Å². The van der Waals surface area contributed by atoms with Gasteiger partial charge < -0.3 is 5.11 Å². The third kappa shape index (κ3) is 5.27. The van der Waals surface area contributed by atoms with Gasteiger partial charge in [-0.1, -0.05) is 6.07 Å². The standard InChI is InChI=1S/C14H22N2O2/c1-11(2)16(8-4-5-14(17)18)10-13-7-6-12(3)9-15-13/h6-7,9,11H,4-5,8,10H2,1-3H3,(H,17,18). The van der Waals surface area contributed by atoms with Crippen LogP contribution in [0.5, 0.6) is 0 Å². The predicted octanol–water partition coefficient (Wildman–Crippen LogP) is 2.47. The molecule has 1 aromatic heterocycles. The van der Waals surface area contributed by atoms with E-state index in [1.807, 2.05) is 19.2 Å². The normalized spacial score (nSPS) is 11.2. The first-order chi connectivity index (χ1) is 8.49. The molecule has 1 aromatic rings. The molecular formula is C14H22N2O2. The molecule has 4 heteroatoms. The van der Waals surface area contributed by atoms with Crippen molar-refractivity contribution in [3.8, 4) is 0 Å². The molecule has 0 unspecified atom stereocenters. The SMILES string of the molecule is Cc1ccc(CN(CCCC(=O)O)C(C)C)nc1. The highest BCUT2D eigenvalue weighted by Crippen LogP contribution is 2.08. The Kier molecular flexibility index (Phi) is 5.78. The van der Waals surface area contributed by atoms with Gasteiger partial charge in [0.2, 0.25) is 0 Å². The maximum absolute atomic E-state index is 10.5. The first kappa shape index (κ1) is 14.6. The van der Waals surface area contributed by atoms with Crippen molar-refractivity contribution in [1.82, 2.24) is 9.88 Å². The zero-order valence-corrected chi connectivity index (χ0v) is 11.4. The molecule has 0 radical (unpaired) electrons. The van der Waals surface area contributed by atoms with Crippen LogP contribution in [0.3, 0.4) is 0 Å². The fourth-order valence-corrected chi connectivity index (χ4v) is 1.75. The average molecular weight is 250 g/mol. The van der Waals surface area contributed by atoms with Crippen molar-refractivity contribution in [3.63, 3.8) is 0 Å². The van der Waals surface area contributed by atoms with Gasteiger partial charge in [-0.25, -0.2) is 0 Å². The third-order valence-corrected chi connectivity index (χ3v) is 2.90. The molecule has 1 rings (SSSR count). The molecule has 1 N–H and O–H groups in total. The molecular weight excluding hydrogens is 228 g/mol.